The molecule has 2 aromatic heterocycles. The summed E-state index contributed by atoms with van der Waals surface area (Å²) < 4.78 is 0. The third-order valence-electron chi connectivity index (χ3n) is 5.38. The van der Waals surface area contributed by atoms with Gasteiger partial charge in [-0.15, -0.1) is 5.10 Å². The SMILES string of the molecule is CC1=C(c2ccc(NC(=O)c3cnc(C)cc3C)cc2)CN(c2nnn(C)n2)CC1. The molecule has 1 aliphatic heterocycles. The number of anilines is 2. The Balaban J connectivity index is 1.49. The maximum Gasteiger partial charge on any atom is 0.266 e. The topological polar surface area (TPSA) is 88.8 Å². The Labute approximate surface area is 175 Å². The van der Waals surface area contributed by atoms with E-state index in [-0.39, 0.29) is 5.91 Å². The lowest BCUT2D eigenvalue weighted by Gasteiger charge is -2.29. The van der Waals surface area contributed by atoms with Crippen LogP contribution in [0, 0.1) is 13.8 Å². The van der Waals surface area contributed by atoms with Crippen molar-refractivity contribution in [2.45, 2.75) is 27.2 Å². The van der Waals surface area contributed by atoms with Crippen LogP contribution in [-0.4, -0.2) is 44.2 Å². The van der Waals surface area contributed by atoms with Crippen molar-refractivity contribution in [2.24, 2.45) is 7.05 Å². The summed E-state index contributed by atoms with van der Waals surface area (Å²) in [6.07, 6.45) is 2.57. The number of amides is 1. The first-order valence-electron chi connectivity index (χ1n) is 9.93. The van der Waals surface area contributed by atoms with Crippen LogP contribution in [0.1, 0.15) is 40.5 Å². The minimum Gasteiger partial charge on any atom is -0.334 e. The minimum absolute atomic E-state index is 0.152. The van der Waals surface area contributed by atoms with Crippen LogP contribution in [0.2, 0.25) is 0 Å². The number of aromatic nitrogens is 5. The average molecular weight is 403 g/mol. The summed E-state index contributed by atoms with van der Waals surface area (Å²) in [5.74, 6) is 0.495. The number of pyridine rings is 1. The number of hydrogen-bond acceptors (Lipinski definition) is 6. The number of carbonyl (C=O) groups excluding carboxylic acids is 1. The van der Waals surface area contributed by atoms with Gasteiger partial charge < -0.3 is 10.2 Å². The highest BCUT2D eigenvalue weighted by Crippen LogP contribution is 2.29. The van der Waals surface area contributed by atoms with E-state index in [4.69, 9.17) is 0 Å². The smallest absolute Gasteiger partial charge is 0.266 e. The van der Waals surface area contributed by atoms with Gasteiger partial charge in [0.05, 0.1) is 12.6 Å². The Morgan fingerprint density at radius 3 is 2.57 bits per heavy atom. The fourth-order valence-electron chi connectivity index (χ4n) is 3.65. The van der Waals surface area contributed by atoms with E-state index < -0.39 is 0 Å². The van der Waals surface area contributed by atoms with E-state index in [1.165, 1.54) is 15.9 Å². The summed E-state index contributed by atoms with van der Waals surface area (Å²) in [5.41, 5.74) is 6.89. The number of benzene rings is 1. The predicted octanol–water partition coefficient (Wildman–Crippen LogP) is 3.16. The lowest BCUT2D eigenvalue weighted by Crippen LogP contribution is -2.31. The largest absolute Gasteiger partial charge is 0.334 e. The number of nitrogens with zero attached hydrogens (tertiary/aromatic N) is 6. The molecule has 1 amide bonds. The molecule has 0 spiro atoms. The molecule has 8 nitrogen and oxygen atoms in total. The van der Waals surface area contributed by atoms with Crippen molar-refractivity contribution in [2.75, 3.05) is 23.3 Å². The normalized spacial score (nSPS) is 14.2. The van der Waals surface area contributed by atoms with Crippen LogP contribution in [0.25, 0.3) is 5.57 Å². The Bertz CT molecular complexity index is 1110. The number of carbonyl (C=O) groups is 1. The monoisotopic (exact) mass is 403 g/mol. The van der Waals surface area contributed by atoms with Crippen molar-refractivity contribution in [1.29, 1.82) is 0 Å². The van der Waals surface area contributed by atoms with E-state index in [1.54, 1.807) is 13.2 Å². The molecular formula is C22H25N7O. The van der Waals surface area contributed by atoms with Gasteiger partial charge in [0.2, 0.25) is 0 Å². The first-order valence-corrected chi connectivity index (χ1v) is 9.93. The van der Waals surface area contributed by atoms with E-state index in [1.807, 2.05) is 44.2 Å². The zero-order valence-corrected chi connectivity index (χ0v) is 17.7. The zero-order valence-electron chi connectivity index (χ0n) is 17.7. The van der Waals surface area contributed by atoms with Crippen LogP contribution in [-0.2, 0) is 7.05 Å². The Hall–Kier alpha value is -3.55. The van der Waals surface area contributed by atoms with E-state index >= 15 is 0 Å². The van der Waals surface area contributed by atoms with Crippen molar-refractivity contribution >= 4 is 23.1 Å². The standard InChI is InChI=1S/C22H25N7O/c1-14-9-10-29(22-25-27-28(4)26-22)13-20(14)17-5-7-18(8-6-17)24-21(30)19-12-23-16(3)11-15(19)2/h5-8,11-12H,9-10,13H2,1-4H3,(H,24,30). The molecule has 1 N–H and O–H groups in total. The number of hydrogen-bond donors (Lipinski definition) is 1. The maximum absolute atomic E-state index is 12.6. The summed E-state index contributed by atoms with van der Waals surface area (Å²) in [6.45, 7) is 7.61. The van der Waals surface area contributed by atoms with Gasteiger partial charge >= 0.3 is 0 Å². The quantitative estimate of drug-likeness (QED) is 0.720. The fraction of sp³-hybridized carbons (Fsp3) is 0.318. The number of aryl methyl sites for hydroxylation is 3. The maximum atomic E-state index is 12.6. The predicted molar refractivity (Wildman–Crippen MR) is 116 cm³/mol. The molecule has 8 heteroatoms. The molecule has 3 heterocycles. The molecular weight excluding hydrogens is 378 g/mol. The lowest BCUT2D eigenvalue weighted by molar-refractivity contribution is 0.102. The van der Waals surface area contributed by atoms with Crippen LogP contribution in [0.4, 0.5) is 11.6 Å². The number of tetrazole rings is 1. The van der Waals surface area contributed by atoms with E-state index in [2.05, 4.69) is 37.5 Å². The van der Waals surface area contributed by atoms with Crippen LogP contribution >= 0.6 is 0 Å². The van der Waals surface area contributed by atoms with Gasteiger partial charge in [-0.1, -0.05) is 22.8 Å². The summed E-state index contributed by atoms with van der Waals surface area (Å²) in [7, 11) is 1.77. The van der Waals surface area contributed by atoms with Crippen LogP contribution < -0.4 is 10.2 Å². The summed E-state index contributed by atoms with van der Waals surface area (Å²) in [5, 5.41) is 15.4. The van der Waals surface area contributed by atoms with E-state index in [0.717, 1.165) is 42.0 Å². The van der Waals surface area contributed by atoms with Crippen molar-refractivity contribution in [3.63, 3.8) is 0 Å². The molecule has 3 aromatic rings. The first-order chi connectivity index (χ1) is 14.4. The molecule has 0 fully saturated rings. The third kappa shape index (κ3) is 4.07. The van der Waals surface area contributed by atoms with Crippen LogP contribution in [0.3, 0.4) is 0 Å². The van der Waals surface area contributed by atoms with Crippen molar-refractivity contribution in [3.05, 3.63) is 64.5 Å². The first kappa shape index (κ1) is 19.8. The average Bonchev–Trinajstić information content (AvgIpc) is 3.15. The second kappa shape index (κ2) is 8.06. The van der Waals surface area contributed by atoms with E-state index in [0.29, 0.717) is 11.5 Å². The molecule has 0 bridgehead atoms. The molecule has 0 saturated carbocycles. The zero-order chi connectivity index (χ0) is 21.3. The molecule has 1 aliphatic rings. The second-order valence-electron chi connectivity index (χ2n) is 7.68. The van der Waals surface area contributed by atoms with Crippen molar-refractivity contribution < 1.29 is 4.79 Å². The molecule has 0 saturated heterocycles. The minimum atomic E-state index is -0.152. The van der Waals surface area contributed by atoms with Crippen molar-refractivity contribution in [1.82, 2.24) is 25.2 Å². The van der Waals surface area contributed by atoms with Gasteiger partial charge in [0.1, 0.15) is 0 Å². The van der Waals surface area contributed by atoms with Gasteiger partial charge in [-0.25, -0.2) is 0 Å². The molecule has 0 unspecified atom stereocenters. The molecule has 1 aromatic carbocycles. The second-order valence-corrected chi connectivity index (χ2v) is 7.68. The summed E-state index contributed by atoms with van der Waals surface area (Å²) >= 11 is 0. The van der Waals surface area contributed by atoms with Crippen LogP contribution in [0.15, 0.2) is 42.1 Å². The van der Waals surface area contributed by atoms with Gasteiger partial charge in [0.15, 0.2) is 0 Å². The van der Waals surface area contributed by atoms with Gasteiger partial charge in [-0.2, -0.15) is 4.80 Å². The molecule has 0 radical (unpaired) electrons. The highest BCUT2D eigenvalue weighted by molar-refractivity contribution is 6.05. The molecule has 154 valence electrons. The van der Waals surface area contributed by atoms with Gasteiger partial charge in [0, 0.05) is 30.7 Å². The third-order valence-corrected chi connectivity index (χ3v) is 5.38. The summed E-state index contributed by atoms with van der Waals surface area (Å²) in [6, 6.07) is 9.87. The number of rotatable bonds is 4. The highest BCUT2D eigenvalue weighted by Gasteiger charge is 2.21. The Kier molecular flexibility index (Phi) is 5.31. The Morgan fingerprint density at radius 2 is 1.90 bits per heavy atom. The van der Waals surface area contributed by atoms with Crippen molar-refractivity contribution in [3.8, 4) is 0 Å². The Morgan fingerprint density at radius 1 is 1.13 bits per heavy atom. The van der Waals surface area contributed by atoms with Gasteiger partial charge in [-0.05, 0) is 67.3 Å². The molecule has 0 aliphatic carbocycles. The van der Waals surface area contributed by atoms with Crippen LogP contribution in [0.5, 0.6) is 0 Å². The summed E-state index contributed by atoms with van der Waals surface area (Å²) in [4.78, 5) is 20.4. The van der Waals surface area contributed by atoms with Gasteiger partial charge in [-0.3, -0.25) is 9.78 Å². The molecule has 30 heavy (non-hydrogen) atoms. The lowest BCUT2D eigenvalue weighted by atomic mass is 9.95. The fourth-order valence-corrected chi connectivity index (χ4v) is 3.65. The molecule has 0 atom stereocenters. The van der Waals surface area contributed by atoms with Gasteiger partial charge in [0.25, 0.3) is 11.9 Å². The molecule has 4 rings (SSSR count). The van der Waals surface area contributed by atoms with E-state index in [9.17, 15) is 4.79 Å². The number of nitrogens with one attached hydrogen (secondary N) is 1. The highest BCUT2D eigenvalue weighted by atomic mass is 16.1.